The molecule has 0 aromatic carbocycles. The van der Waals surface area contributed by atoms with Gasteiger partial charge in [0.2, 0.25) is 11.9 Å². The van der Waals surface area contributed by atoms with E-state index in [0.717, 1.165) is 11.0 Å². The van der Waals surface area contributed by atoms with Gasteiger partial charge in [0, 0.05) is 32.3 Å². The Labute approximate surface area is 115 Å². The summed E-state index contributed by atoms with van der Waals surface area (Å²) in [5.74, 6) is 1.29. The lowest BCUT2D eigenvalue weighted by atomic mass is 10.4. The summed E-state index contributed by atoms with van der Waals surface area (Å²) < 4.78 is 0.778. The van der Waals surface area contributed by atoms with Gasteiger partial charge in [-0.3, -0.25) is 4.79 Å². The highest BCUT2D eigenvalue weighted by molar-refractivity contribution is 9.10. The number of halogens is 1. The summed E-state index contributed by atoms with van der Waals surface area (Å²) in [7, 11) is 0. The van der Waals surface area contributed by atoms with Gasteiger partial charge < -0.3 is 16.0 Å². The van der Waals surface area contributed by atoms with E-state index >= 15 is 0 Å². The standard InChI is InChI=1S/C11H18BrN5O/c1-3-13-9(18)5-6-15-10-8(12)7-16-11(17-10)14-4-2/h7H,3-6H2,1-2H3,(H,13,18)(H2,14,15,16,17). The van der Waals surface area contributed by atoms with E-state index < -0.39 is 0 Å². The van der Waals surface area contributed by atoms with Crippen molar-refractivity contribution in [1.82, 2.24) is 15.3 Å². The SMILES string of the molecule is CCNC(=O)CCNc1nc(NCC)ncc1Br. The number of nitrogens with zero attached hydrogens (tertiary/aromatic N) is 2. The first-order valence-corrected chi connectivity index (χ1v) is 6.73. The van der Waals surface area contributed by atoms with Crippen LogP contribution in [-0.2, 0) is 4.79 Å². The van der Waals surface area contributed by atoms with Crippen molar-refractivity contribution in [2.45, 2.75) is 20.3 Å². The fourth-order valence-electron chi connectivity index (χ4n) is 1.31. The molecule has 18 heavy (non-hydrogen) atoms. The second kappa shape index (κ2) is 7.86. The van der Waals surface area contributed by atoms with Gasteiger partial charge in [0.05, 0.1) is 4.47 Å². The van der Waals surface area contributed by atoms with Gasteiger partial charge in [-0.05, 0) is 29.8 Å². The molecule has 100 valence electrons. The summed E-state index contributed by atoms with van der Waals surface area (Å²) in [6, 6.07) is 0. The summed E-state index contributed by atoms with van der Waals surface area (Å²) in [6.45, 7) is 5.83. The Hall–Kier alpha value is -1.37. The number of hydrogen-bond acceptors (Lipinski definition) is 5. The van der Waals surface area contributed by atoms with Gasteiger partial charge >= 0.3 is 0 Å². The van der Waals surface area contributed by atoms with Crippen molar-refractivity contribution >= 4 is 33.6 Å². The van der Waals surface area contributed by atoms with Crippen molar-refractivity contribution in [2.75, 3.05) is 30.3 Å². The number of amides is 1. The van der Waals surface area contributed by atoms with Gasteiger partial charge in [-0.2, -0.15) is 4.98 Å². The average molecular weight is 316 g/mol. The maximum Gasteiger partial charge on any atom is 0.224 e. The Balaban J connectivity index is 2.50. The lowest BCUT2D eigenvalue weighted by Gasteiger charge is -2.09. The number of rotatable bonds is 7. The van der Waals surface area contributed by atoms with E-state index in [1.807, 2.05) is 13.8 Å². The van der Waals surface area contributed by atoms with Crippen LogP contribution in [0.25, 0.3) is 0 Å². The Morgan fingerprint density at radius 1 is 1.33 bits per heavy atom. The van der Waals surface area contributed by atoms with Crippen molar-refractivity contribution in [1.29, 1.82) is 0 Å². The van der Waals surface area contributed by atoms with Gasteiger partial charge in [-0.25, -0.2) is 4.98 Å². The Bertz CT molecular complexity index is 399. The predicted molar refractivity (Wildman–Crippen MR) is 75.7 cm³/mol. The van der Waals surface area contributed by atoms with Crippen LogP contribution in [0.3, 0.4) is 0 Å². The normalized spacial score (nSPS) is 9.94. The molecule has 1 aromatic rings. The van der Waals surface area contributed by atoms with E-state index in [1.54, 1.807) is 6.20 Å². The minimum atomic E-state index is 0.0297. The molecule has 0 saturated carbocycles. The van der Waals surface area contributed by atoms with Crippen molar-refractivity contribution in [3.63, 3.8) is 0 Å². The molecule has 0 aliphatic heterocycles. The fourth-order valence-corrected chi connectivity index (χ4v) is 1.65. The van der Waals surface area contributed by atoms with Gasteiger partial charge in [-0.15, -0.1) is 0 Å². The van der Waals surface area contributed by atoms with E-state index in [1.165, 1.54) is 0 Å². The first kappa shape index (κ1) is 14.7. The molecule has 0 aliphatic rings. The molecule has 0 atom stereocenters. The van der Waals surface area contributed by atoms with E-state index in [2.05, 4.69) is 41.8 Å². The first-order chi connectivity index (χ1) is 8.67. The quantitative estimate of drug-likeness (QED) is 0.712. The Morgan fingerprint density at radius 2 is 2.11 bits per heavy atom. The van der Waals surface area contributed by atoms with Gasteiger partial charge in [0.1, 0.15) is 5.82 Å². The maximum atomic E-state index is 11.3. The molecule has 1 amide bonds. The molecule has 3 N–H and O–H groups in total. The van der Waals surface area contributed by atoms with Gasteiger partial charge in [0.15, 0.2) is 0 Å². The van der Waals surface area contributed by atoms with Crippen molar-refractivity contribution in [3.8, 4) is 0 Å². The molecule has 0 fully saturated rings. The van der Waals surface area contributed by atoms with Crippen molar-refractivity contribution in [3.05, 3.63) is 10.7 Å². The molecular weight excluding hydrogens is 298 g/mol. The summed E-state index contributed by atoms with van der Waals surface area (Å²) in [5.41, 5.74) is 0. The second-order valence-corrected chi connectivity index (χ2v) is 4.41. The number of carbonyl (C=O) groups is 1. The third kappa shape index (κ3) is 4.87. The third-order valence-electron chi connectivity index (χ3n) is 2.10. The highest BCUT2D eigenvalue weighted by Gasteiger charge is 2.05. The highest BCUT2D eigenvalue weighted by Crippen LogP contribution is 2.19. The molecule has 1 heterocycles. The molecular formula is C11H18BrN5O. The number of aromatic nitrogens is 2. The van der Waals surface area contributed by atoms with Crippen LogP contribution in [0.2, 0.25) is 0 Å². The van der Waals surface area contributed by atoms with Crippen LogP contribution in [0.5, 0.6) is 0 Å². The smallest absolute Gasteiger partial charge is 0.224 e. The molecule has 0 unspecified atom stereocenters. The largest absolute Gasteiger partial charge is 0.368 e. The predicted octanol–water partition coefficient (Wildman–Crippen LogP) is 1.61. The maximum absolute atomic E-state index is 11.3. The Morgan fingerprint density at radius 3 is 2.78 bits per heavy atom. The van der Waals surface area contributed by atoms with Crippen LogP contribution in [0.1, 0.15) is 20.3 Å². The lowest BCUT2D eigenvalue weighted by molar-refractivity contribution is -0.120. The van der Waals surface area contributed by atoms with E-state index in [4.69, 9.17) is 0 Å². The van der Waals surface area contributed by atoms with Crippen molar-refractivity contribution in [2.24, 2.45) is 0 Å². The van der Waals surface area contributed by atoms with E-state index in [-0.39, 0.29) is 5.91 Å². The zero-order valence-electron chi connectivity index (χ0n) is 10.6. The Kier molecular flexibility index (Phi) is 6.42. The monoisotopic (exact) mass is 315 g/mol. The zero-order valence-corrected chi connectivity index (χ0v) is 12.2. The second-order valence-electron chi connectivity index (χ2n) is 3.55. The van der Waals surface area contributed by atoms with E-state index in [0.29, 0.717) is 31.3 Å². The first-order valence-electron chi connectivity index (χ1n) is 5.94. The minimum absolute atomic E-state index is 0.0297. The summed E-state index contributed by atoms with van der Waals surface area (Å²) in [4.78, 5) is 19.7. The molecule has 1 aromatic heterocycles. The highest BCUT2D eigenvalue weighted by atomic mass is 79.9. The molecule has 0 aliphatic carbocycles. The van der Waals surface area contributed by atoms with Gasteiger partial charge in [-0.1, -0.05) is 0 Å². The molecule has 0 radical (unpaired) electrons. The molecule has 6 nitrogen and oxygen atoms in total. The van der Waals surface area contributed by atoms with Crippen molar-refractivity contribution < 1.29 is 4.79 Å². The molecule has 7 heteroatoms. The summed E-state index contributed by atoms with van der Waals surface area (Å²) in [6.07, 6.45) is 2.10. The number of anilines is 2. The molecule has 0 spiro atoms. The summed E-state index contributed by atoms with van der Waals surface area (Å²) in [5, 5.41) is 8.88. The van der Waals surface area contributed by atoms with Gasteiger partial charge in [0.25, 0.3) is 0 Å². The van der Waals surface area contributed by atoms with Crippen LogP contribution >= 0.6 is 15.9 Å². The van der Waals surface area contributed by atoms with Crippen LogP contribution in [0.15, 0.2) is 10.7 Å². The fraction of sp³-hybridized carbons (Fsp3) is 0.545. The topological polar surface area (TPSA) is 78.9 Å². The number of carbonyl (C=O) groups excluding carboxylic acids is 1. The van der Waals surface area contributed by atoms with E-state index in [9.17, 15) is 4.79 Å². The third-order valence-corrected chi connectivity index (χ3v) is 2.68. The molecule has 0 saturated heterocycles. The number of hydrogen-bond donors (Lipinski definition) is 3. The number of nitrogens with one attached hydrogen (secondary N) is 3. The molecule has 0 bridgehead atoms. The lowest BCUT2D eigenvalue weighted by Crippen LogP contribution is -2.25. The summed E-state index contributed by atoms with van der Waals surface area (Å²) >= 11 is 3.36. The van der Waals surface area contributed by atoms with Crippen LogP contribution in [0, 0.1) is 0 Å². The van der Waals surface area contributed by atoms with Crippen LogP contribution in [0.4, 0.5) is 11.8 Å². The minimum Gasteiger partial charge on any atom is -0.368 e. The zero-order chi connectivity index (χ0) is 13.4. The molecule has 1 rings (SSSR count). The van der Waals surface area contributed by atoms with Crippen LogP contribution in [-0.4, -0.2) is 35.5 Å². The average Bonchev–Trinajstić information content (AvgIpc) is 2.34. The van der Waals surface area contributed by atoms with Crippen LogP contribution < -0.4 is 16.0 Å².